The van der Waals surface area contributed by atoms with E-state index in [4.69, 9.17) is 10.5 Å². The summed E-state index contributed by atoms with van der Waals surface area (Å²) in [5.41, 5.74) is 4.72. The van der Waals surface area contributed by atoms with E-state index in [0.29, 0.717) is 13.2 Å². The Morgan fingerprint density at radius 3 is 2.73 bits per heavy atom. The zero-order valence-corrected chi connectivity index (χ0v) is 6.00. The molecular weight excluding hydrogens is 148 g/mol. The Labute approximate surface area is 63.9 Å². The van der Waals surface area contributed by atoms with Gasteiger partial charge in [-0.3, -0.25) is 9.59 Å². The number of carbonyl (C=O) groups excluding carboxylic acids is 2. The first-order chi connectivity index (χ1) is 5.20. The highest BCUT2D eigenvalue weighted by atomic mass is 16.5. The van der Waals surface area contributed by atoms with Gasteiger partial charge < -0.3 is 15.8 Å². The molecule has 11 heavy (non-hydrogen) atoms. The van der Waals surface area contributed by atoms with E-state index in [1.165, 1.54) is 0 Å². The number of primary amides is 1. The van der Waals surface area contributed by atoms with Crippen LogP contribution in [0.2, 0.25) is 0 Å². The SMILES string of the molecule is NC(=O)C(=O)NC1CCOC1. The Hall–Kier alpha value is -1.10. The fourth-order valence-electron chi connectivity index (χ4n) is 0.905. The summed E-state index contributed by atoms with van der Waals surface area (Å²) in [5, 5.41) is 2.44. The first-order valence-corrected chi connectivity index (χ1v) is 3.38. The van der Waals surface area contributed by atoms with Crippen molar-refractivity contribution in [2.45, 2.75) is 12.5 Å². The number of hydrogen-bond donors (Lipinski definition) is 2. The predicted molar refractivity (Wildman–Crippen MR) is 36.6 cm³/mol. The van der Waals surface area contributed by atoms with Crippen LogP contribution in [0.25, 0.3) is 0 Å². The summed E-state index contributed by atoms with van der Waals surface area (Å²) in [6.45, 7) is 1.10. The molecule has 62 valence electrons. The van der Waals surface area contributed by atoms with Gasteiger partial charge in [-0.25, -0.2) is 0 Å². The summed E-state index contributed by atoms with van der Waals surface area (Å²) >= 11 is 0. The quantitative estimate of drug-likeness (QED) is 0.450. The second-order valence-corrected chi connectivity index (χ2v) is 2.40. The second kappa shape index (κ2) is 3.34. The minimum atomic E-state index is -0.947. The van der Waals surface area contributed by atoms with Crippen molar-refractivity contribution in [2.75, 3.05) is 13.2 Å². The largest absolute Gasteiger partial charge is 0.379 e. The Bertz CT molecular complexity index is 175. The maximum absolute atomic E-state index is 10.7. The van der Waals surface area contributed by atoms with Crippen molar-refractivity contribution in [2.24, 2.45) is 5.73 Å². The molecule has 0 aromatic rings. The van der Waals surface area contributed by atoms with E-state index in [1.807, 2.05) is 0 Å². The molecule has 0 aliphatic carbocycles. The molecule has 0 aromatic carbocycles. The van der Waals surface area contributed by atoms with Gasteiger partial charge in [-0.15, -0.1) is 0 Å². The Morgan fingerprint density at radius 1 is 1.55 bits per heavy atom. The topological polar surface area (TPSA) is 81.4 Å². The lowest BCUT2D eigenvalue weighted by atomic mass is 10.2. The third kappa shape index (κ3) is 2.19. The third-order valence-electron chi connectivity index (χ3n) is 1.49. The fraction of sp³-hybridized carbons (Fsp3) is 0.667. The number of nitrogens with one attached hydrogen (secondary N) is 1. The van der Waals surface area contributed by atoms with E-state index in [9.17, 15) is 9.59 Å². The molecule has 3 N–H and O–H groups in total. The van der Waals surface area contributed by atoms with E-state index < -0.39 is 11.8 Å². The summed E-state index contributed by atoms with van der Waals surface area (Å²) in [5.74, 6) is -1.68. The Morgan fingerprint density at radius 2 is 2.27 bits per heavy atom. The number of hydrogen-bond acceptors (Lipinski definition) is 3. The van der Waals surface area contributed by atoms with Gasteiger partial charge in [0.25, 0.3) is 0 Å². The number of carbonyl (C=O) groups is 2. The molecule has 2 amide bonds. The summed E-state index contributed by atoms with van der Waals surface area (Å²) in [4.78, 5) is 20.9. The van der Waals surface area contributed by atoms with Gasteiger partial charge in [-0.05, 0) is 6.42 Å². The summed E-state index contributed by atoms with van der Waals surface area (Å²) < 4.78 is 4.97. The van der Waals surface area contributed by atoms with Gasteiger partial charge in [0, 0.05) is 6.61 Å². The van der Waals surface area contributed by atoms with Crippen molar-refractivity contribution in [1.82, 2.24) is 5.32 Å². The van der Waals surface area contributed by atoms with Crippen molar-refractivity contribution in [3.05, 3.63) is 0 Å². The zero-order valence-electron chi connectivity index (χ0n) is 6.00. The number of ether oxygens (including phenoxy) is 1. The first kappa shape index (κ1) is 8.00. The van der Waals surface area contributed by atoms with Crippen LogP contribution < -0.4 is 11.1 Å². The van der Waals surface area contributed by atoms with Gasteiger partial charge in [0.2, 0.25) is 0 Å². The van der Waals surface area contributed by atoms with E-state index >= 15 is 0 Å². The average molecular weight is 158 g/mol. The predicted octanol–water partition coefficient (Wildman–Crippen LogP) is -1.62. The third-order valence-corrected chi connectivity index (χ3v) is 1.49. The van der Waals surface area contributed by atoms with Crippen LogP contribution >= 0.6 is 0 Å². The summed E-state index contributed by atoms with van der Waals surface area (Å²) in [7, 11) is 0. The molecule has 1 heterocycles. The highest BCUT2D eigenvalue weighted by Gasteiger charge is 2.19. The molecule has 1 unspecified atom stereocenters. The van der Waals surface area contributed by atoms with Crippen LogP contribution in [-0.4, -0.2) is 31.1 Å². The highest BCUT2D eigenvalue weighted by molar-refractivity contribution is 6.34. The molecule has 1 atom stereocenters. The van der Waals surface area contributed by atoms with Gasteiger partial charge in [0.05, 0.1) is 12.6 Å². The maximum Gasteiger partial charge on any atom is 0.309 e. The first-order valence-electron chi connectivity index (χ1n) is 3.38. The lowest BCUT2D eigenvalue weighted by Gasteiger charge is -2.07. The molecule has 1 saturated heterocycles. The van der Waals surface area contributed by atoms with Gasteiger partial charge in [0.15, 0.2) is 0 Å². The zero-order chi connectivity index (χ0) is 8.27. The molecule has 0 spiro atoms. The molecule has 1 fully saturated rings. The molecule has 0 saturated carbocycles. The number of amides is 2. The van der Waals surface area contributed by atoms with Crippen LogP contribution in [0.1, 0.15) is 6.42 Å². The van der Waals surface area contributed by atoms with Crippen LogP contribution in [0.15, 0.2) is 0 Å². The molecule has 1 aliphatic heterocycles. The number of nitrogens with two attached hydrogens (primary N) is 1. The van der Waals surface area contributed by atoms with Crippen molar-refractivity contribution in [1.29, 1.82) is 0 Å². The average Bonchev–Trinajstić information content (AvgIpc) is 2.39. The highest BCUT2D eigenvalue weighted by Crippen LogP contribution is 2.02. The second-order valence-electron chi connectivity index (χ2n) is 2.40. The van der Waals surface area contributed by atoms with Gasteiger partial charge in [-0.2, -0.15) is 0 Å². The van der Waals surface area contributed by atoms with Gasteiger partial charge >= 0.3 is 11.8 Å². The van der Waals surface area contributed by atoms with Crippen LogP contribution in [-0.2, 0) is 14.3 Å². The van der Waals surface area contributed by atoms with Crippen molar-refractivity contribution in [3.8, 4) is 0 Å². The molecule has 1 aliphatic rings. The van der Waals surface area contributed by atoms with Crippen molar-refractivity contribution < 1.29 is 14.3 Å². The maximum atomic E-state index is 10.7. The van der Waals surface area contributed by atoms with Crippen LogP contribution in [0.4, 0.5) is 0 Å². The van der Waals surface area contributed by atoms with Crippen molar-refractivity contribution >= 4 is 11.8 Å². The van der Waals surface area contributed by atoms with Crippen LogP contribution in [0.3, 0.4) is 0 Å². The standard InChI is InChI=1S/C6H10N2O3/c7-5(9)6(10)8-4-1-2-11-3-4/h4H,1-3H2,(H2,7,9)(H,8,10). The van der Waals surface area contributed by atoms with Crippen molar-refractivity contribution in [3.63, 3.8) is 0 Å². The van der Waals surface area contributed by atoms with Gasteiger partial charge in [-0.1, -0.05) is 0 Å². The molecule has 0 aromatic heterocycles. The molecule has 5 nitrogen and oxygen atoms in total. The minimum absolute atomic E-state index is 0.0463. The summed E-state index contributed by atoms with van der Waals surface area (Å²) in [6, 6.07) is -0.0463. The van der Waals surface area contributed by atoms with Crippen LogP contribution in [0, 0.1) is 0 Å². The minimum Gasteiger partial charge on any atom is -0.379 e. The Kier molecular flexibility index (Phi) is 2.43. The molecule has 1 rings (SSSR count). The molecular formula is C6H10N2O3. The lowest BCUT2D eigenvalue weighted by Crippen LogP contribution is -2.42. The molecule has 0 radical (unpaired) electrons. The number of rotatable bonds is 1. The lowest BCUT2D eigenvalue weighted by molar-refractivity contribution is -0.137. The van der Waals surface area contributed by atoms with E-state index in [2.05, 4.69) is 5.32 Å². The fourth-order valence-corrected chi connectivity index (χ4v) is 0.905. The Balaban J connectivity index is 2.29. The monoisotopic (exact) mass is 158 g/mol. The molecule has 5 heteroatoms. The van der Waals surface area contributed by atoms with Gasteiger partial charge in [0.1, 0.15) is 0 Å². The van der Waals surface area contributed by atoms with E-state index in [1.54, 1.807) is 0 Å². The summed E-state index contributed by atoms with van der Waals surface area (Å²) in [6.07, 6.45) is 0.749. The normalized spacial score (nSPS) is 23.1. The van der Waals surface area contributed by atoms with E-state index in [-0.39, 0.29) is 6.04 Å². The van der Waals surface area contributed by atoms with Crippen LogP contribution in [0.5, 0.6) is 0 Å². The van der Waals surface area contributed by atoms with E-state index in [0.717, 1.165) is 6.42 Å². The molecule has 0 bridgehead atoms. The smallest absolute Gasteiger partial charge is 0.309 e.